The third-order valence-electron chi connectivity index (χ3n) is 2.71. The lowest BCUT2D eigenvalue weighted by molar-refractivity contribution is 0.0322. The molecule has 3 heteroatoms. The summed E-state index contributed by atoms with van der Waals surface area (Å²) < 4.78 is 13.5. The first kappa shape index (κ1) is 10.1. The molecule has 1 amide bonds. The number of hydrogen-bond donors (Lipinski definition) is 0. The van der Waals surface area contributed by atoms with Gasteiger partial charge in [0.2, 0.25) is 0 Å². The van der Waals surface area contributed by atoms with Crippen LogP contribution in [-0.4, -0.2) is 23.6 Å². The van der Waals surface area contributed by atoms with Gasteiger partial charge in [-0.3, -0.25) is 4.79 Å². The summed E-state index contributed by atoms with van der Waals surface area (Å²) in [6.45, 7) is 0.537. The average Bonchev–Trinajstić information content (AvgIpc) is 2.30. The average molecular weight is 207 g/mol. The molecule has 1 atom stereocenters. The van der Waals surface area contributed by atoms with E-state index in [9.17, 15) is 9.18 Å². The maximum atomic E-state index is 13.5. The van der Waals surface area contributed by atoms with Gasteiger partial charge in [-0.15, -0.1) is 0 Å². The molecule has 0 aliphatic carbocycles. The standard InChI is InChI=1S/C12H14FNO/c13-11-8-4-5-9-14(11)12(15)10-6-2-1-3-7-10/h1-3,6-7,11H,4-5,8-9H2. The summed E-state index contributed by atoms with van der Waals surface area (Å²) in [5.74, 6) is -0.192. The highest BCUT2D eigenvalue weighted by Crippen LogP contribution is 2.20. The minimum absolute atomic E-state index is 0.192. The quantitative estimate of drug-likeness (QED) is 0.648. The molecule has 2 rings (SSSR count). The van der Waals surface area contributed by atoms with E-state index in [-0.39, 0.29) is 5.91 Å². The number of carbonyl (C=O) groups is 1. The van der Waals surface area contributed by atoms with Gasteiger partial charge in [0.15, 0.2) is 6.30 Å². The Kier molecular flexibility index (Phi) is 2.99. The van der Waals surface area contributed by atoms with Crippen LogP contribution >= 0.6 is 0 Å². The number of carbonyl (C=O) groups excluding carboxylic acids is 1. The topological polar surface area (TPSA) is 20.3 Å². The molecule has 80 valence electrons. The minimum atomic E-state index is -1.11. The SMILES string of the molecule is O=C(c1ccccc1)N1CCCCC1F. The van der Waals surface area contributed by atoms with Crippen molar-refractivity contribution >= 4 is 5.91 Å². The van der Waals surface area contributed by atoms with Gasteiger partial charge in [-0.05, 0) is 31.4 Å². The molecule has 1 heterocycles. The van der Waals surface area contributed by atoms with Crippen LogP contribution in [0.4, 0.5) is 4.39 Å². The first-order chi connectivity index (χ1) is 7.29. The minimum Gasteiger partial charge on any atom is -0.308 e. The predicted octanol–water partition coefficient (Wildman–Crippen LogP) is 2.61. The first-order valence-corrected chi connectivity index (χ1v) is 5.29. The monoisotopic (exact) mass is 207 g/mol. The Balaban J connectivity index is 2.13. The number of piperidine rings is 1. The number of benzene rings is 1. The number of rotatable bonds is 1. The number of alkyl halides is 1. The highest BCUT2D eigenvalue weighted by Gasteiger charge is 2.26. The third-order valence-corrected chi connectivity index (χ3v) is 2.71. The van der Waals surface area contributed by atoms with Crippen molar-refractivity contribution in [3.8, 4) is 0 Å². The van der Waals surface area contributed by atoms with Crippen LogP contribution in [0.2, 0.25) is 0 Å². The Morgan fingerprint density at radius 2 is 2.00 bits per heavy atom. The molecule has 1 fully saturated rings. The van der Waals surface area contributed by atoms with Gasteiger partial charge in [-0.2, -0.15) is 0 Å². The second kappa shape index (κ2) is 4.43. The van der Waals surface area contributed by atoms with Gasteiger partial charge in [0.05, 0.1) is 0 Å². The number of likely N-dealkylation sites (tertiary alicyclic amines) is 1. The second-order valence-electron chi connectivity index (χ2n) is 3.79. The Labute approximate surface area is 88.7 Å². The van der Waals surface area contributed by atoms with Crippen molar-refractivity contribution in [3.05, 3.63) is 35.9 Å². The van der Waals surface area contributed by atoms with Gasteiger partial charge in [0, 0.05) is 12.1 Å². The van der Waals surface area contributed by atoms with Crippen LogP contribution in [0.3, 0.4) is 0 Å². The van der Waals surface area contributed by atoms with E-state index in [4.69, 9.17) is 0 Å². The maximum absolute atomic E-state index is 13.5. The van der Waals surface area contributed by atoms with E-state index in [1.165, 1.54) is 4.90 Å². The van der Waals surface area contributed by atoms with Crippen LogP contribution in [0.1, 0.15) is 29.6 Å². The third kappa shape index (κ3) is 2.17. The van der Waals surface area contributed by atoms with Crippen molar-refractivity contribution in [2.24, 2.45) is 0 Å². The molecular weight excluding hydrogens is 193 g/mol. The second-order valence-corrected chi connectivity index (χ2v) is 3.79. The van der Waals surface area contributed by atoms with Gasteiger partial charge in [0.25, 0.3) is 5.91 Å². The fraction of sp³-hybridized carbons (Fsp3) is 0.417. The molecule has 1 aliphatic heterocycles. The molecule has 0 N–H and O–H groups in total. The molecule has 2 nitrogen and oxygen atoms in total. The molecule has 1 unspecified atom stereocenters. The van der Waals surface area contributed by atoms with Gasteiger partial charge < -0.3 is 4.90 Å². The lowest BCUT2D eigenvalue weighted by Gasteiger charge is -2.30. The van der Waals surface area contributed by atoms with Gasteiger partial charge in [-0.25, -0.2) is 4.39 Å². The Morgan fingerprint density at radius 3 is 2.67 bits per heavy atom. The number of nitrogens with zero attached hydrogens (tertiary/aromatic N) is 1. The molecule has 1 saturated heterocycles. The Morgan fingerprint density at radius 1 is 1.27 bits per heavy atom. The molecular formula is C12H14FNO. The zero-order valence-corrected chi connectivity index (χ0v) is 8.53. The van der Waals surface area contributed by atoms with Crippen LogP contribution in [-0.2, 0) is 0 Å². The van der Waals surface area contributed by atoms with Crippen LogP contribution in [0, 0.1) is 0 Å². The van der Waals surface area contributed by atoms with E-state index >= 15 is 0 Å². The summed E-state index contributed by atoms with van der Waals surface area (Å²) in [5, 5.41) is 0. The lowest BCUT2D eigenvalue weighted by atomic mass is 10.1. The molecule has 0 saturated carbocycles. The molecule has 0 spiro atoms. The molecule has 0 radical (unpaired) electrons. The summed E-state index contributed by atoms with van der Waals surface area (Å²) in [5.41, 5.74) is 0.571. The number of amides is 1. The number of halogens is 1. The van der Waals surface area contributed by atoms with E-state index in [2.05, 4.69) is 0 Å². The summed E-state index contributed by atoms with van der Waals surface area (Å²) >= 11 is 0. The molecule has 1 aromatic rings. The zero-order valence-electron chi connectivity index (χ0n) is 8.53. The van der Waals surface area contributed by atoms with Crippen molar-refractivity contribution in [3.63, 3.8) is 0 Å². The van der Waals surface area contributed by atoms with Crippen LogP contribution < -0.4 is 0 Å². The number of hydrogen-bond acceptors (Lipinski definition) is 1. The van der Waals surface area contributed by atoms with Gasteiger partial charge in [-0.1, -0.05) is 18.2 Å². The lowest BCUT2D eigenvalue weighted by Crippen LogP contribution is -2.41. The highest BCUT2D eigenvalue weighted by atomic mass is 19.1. The Hall–Kier alpha value is -1.38. The normalized spacial score (nSPS) is 21.4. The summed E-state index contributed by atoms with van der Waals surface area (Å²) in [4.78, 5) is 13.2. The molecule has 1 aliphatic rings. The molecule has 0 aromatic heterocycles. The summed E-state index contributed by atoms with van der Waals surface area (Å²) in [6, 6.07) is 8.89. The van der Waals surface area contributed by atoms with Crippen LogP contribution in [0.25, 0.3) is 0 Å². The zero-order chi connectivity index (χ0) is 10.7. The molecule has 0 bridgehead atoms. The van der Waals surface area contributed by atoms with Crippen molar-refractivity contribution in [2.75, 3.05) is 6.54 Å². The van der Waals surface area contributed by atoms with Crippen molar-refractivity contribution in [2.45, 2.75) is 25.6 Å². The van der Waals surface area contributed by atoms with E-state index in [1.807, 2.05) is 6.07 Å². The molecule has 1 aromatic carbocycles. The van der Waals surface area contributed by atoms with E-state index in [0.717, 1.165) is 12.8 Å². The van der Waals surface area contributed by atoms with Crippen molar-refractivity contribution < 1.29 is 9.18 Å². The fourth-order valence-electron chi connectivity index (χ4n) is 1.87. The van der Waals surface area contributed by atoms with Crippen molar-refractivity contribution in [1.82, 2.24) is 4.90 Å². The maximum Gasteiger partial charge on any atom is 0.256 e. The predicted molar refractivity (Wildman–Crippen MR) is 56.2 cm³/mol. The fourth-order valence-corrected chi connectivity index (χ4v) is 1.87. The smallest absolute Gasteiger partial charge is 0.256 e. The van der Waals surface area contributed by atoms with Gasteiger partial charge >= 0.3 is 0 Å². The van der Waals surface area contributed by atoms with Gasteiger partial charge in [0.1, 0.15) is 0 Å². The summed E-state index contributed by atoms with van der Waals surface area (Å²) in [7, 11) is 0. The molecule has 15 heavy (non-hydrogen) atoms. The Bertz CT molecular complexity index is 339. The largest absolute Gasteiger partial charge is 0.308 e. The van der Waals surface area contributed by atoms with Crippen molar-refractivity contribution in [1.29, 1.82) is 0 Å². The van der Waals surface area contributed by atoms with E-state index < -0.39 is 6.30 Å². The van der Waals surface area contributed by atoms with Crippen LogP contribution in [0.5, 0.6) is 0 Å². The summed E-state index contributed by atoms with van der Waals surface area (Å²) in [6.07, 6.45) is 1.14. The first-order valence-electron chi connectivity index (χ1n) is 5.29. The highest BCUT2D eigenvalue weighted by molar-refractivity contribution is 5.94. The van der Waals surface area contributed by atoms with E-state index in [0.29, 0.717) is 18.5 Å². The van der Waals surface area contributed by atoms with E-state index in [1.54, 1.807) is 24.3 Å². The van der Waals surface area contributed by atoms with Crippen LogP contribution in [0.15, 0.2) is 30.3 Å².